The first kappa shape index (κ1) is 14.2. The van der Waals surface area contributed by atoms with Gasteiger partial charge in [-0.1, -0.05) is 12.1 Å². The fraction of sp³-hybridized carbons (Fsp3) is 0.600. The van der Waals surface area contributed by atoms with Gasteiger partial charge in [0.05, 0.1) is 0 Å². The number of hydrogen-bond acceptors (Lipinski definition) is 3. The van der Waals surface area contributed by atoms with Gasteiger partial charge in [-0.05, 0) is 44.7 Å². The third kappa shape index (κ3) is 5.45. The van der Waals surface area contributed by atoms with Crippen molar-refractivity contribution in [3.63, 3.8) is 0 Å². The van der Waals surface area contributed by atoms with Gasteiger partial charge < -0.3 is 8.69 Å². The van der Waals surface area contributed by atoms with Crippen molar-refractivity contribution in [3.05, 3.63) is 17.5 Å². The second kappa shape index (κ2) is 5.18. The second-order valence-corrected chi connectivity index (χ2v) is 15.7. The molecule has 0 spiro atoms. The lowest BCUT2D eigenvalue weighted by Gasteiger charge is -2.28. The van der Waals surface area contributed by atoms with Crippen LogP contribution < -0.4 is 4.78 Å². The van der Waals surface area contributed by atoms with Crippen LogP contribution in [0.2, 0.25) is 39.3 Å². The smallest absolute Gasteiger partial charge is 0.450 e. The summed E-state index contributed by atoms with van der Waals surface area (Å²) in [7, 11) is -3.30. The molecule has 0 atom stereocenters. The first-order valence-electron chi connectivity index (χ1n) is 5.56. The van der Waals surface area contributed by atoms with E-state index in [0.717, 1.165) is 0 Å². The second-order valence-electron chi connectivity index (χ2n) is 5.81. The van der Waals surface area contributed by atoms with Gasteiger partial charge in [-0.15, -0.1) is 0 Å². The lowest BCUT2D eigenvalue weighted by Crippen LogP contribution is -2.49. The van der Waals surface area contributed by atoms with E-state index in [0.29, 0.717) is 0 Å². The van der Waals surface area contributed by atoms with Crippen LogP contribution >= 0.6 is 11.3 Å². The van der Waals surface area contributed by atoms with E-state index < -0.39 is 16.6 Å². The maximum atomic E-state index is 6.12. The van der Waals surface area contributed by atoms with Gasteiger partial charge in [-0.25, -0.2) is 0 Å². The Bertz CT molecular complexity index is 301. The van der Waals surface area contributed by atoms with Crippen LogP contribution in [0, 0.1) is 0 Å². The summed E-state index contributed by atoms with van der Waals surface area (Å²) < 4.78 is 13.4. The van der Waals surface area contributed by atoms with Crippen molar-refractivity contribution in [2.45, 2.75) is 39.3 Å². The monoisotopic (exact) mass is 272 g/mol. The van der Waals surface area contributed by atoms with Gasteiger partial charge in [-0.2, -0.15) is 11.3 Å². The molecule has 0 aliphatic rings. The highest BCUT2D eigenvalue weighted by Crippen LogP contribution is 2.13. The zero-order valence-electron chi connectivity index (χ0n) is 11.0. The molecule has 0 saturated carbocycles. The van der Waals surface area contributed by atoms with E-state index in [4.69, 9.17) is 8.69 Å². The molecule has 2 nitrogen and oxygen atoms in total. The van der Waals surface area contributed by atoms with Crippen LogP contribution in [0.5, 0.6) is 0 Å². The minimum Gasteiger partial charge on any atom is -0.450 e. The summed E-state index contributed by atoms with van der Waals surface area (Å²) in [5.41, 5.74) is 0. The molecule has 1 aromatic heterocycles. The molecular formula is C10H21BO2SSi2. The molecule has 0 amide bonds. The number of thiophene rings is 1. The molecule has 0 aliphatic carbocycles. The summed E-state index contributed by atoms with van der Waals surface area (Å²) in [6.45, 7) is 13.2. The molecular weight excluding hydrogens is 251 g/mol. The number of hydrogen-bond donors (Lipinski definition) is 0. The normalized spacial score (nSPS) is 12.9. The topological polar surface area (TPSA) is 18.5 Å². The van der Waals surface area contributed by atoms with E-state index in [9.17, 15) is 0 Å². The number of rotatable bonds is 5. The summed E-state index contributed by atoms with van der Waals surface area (Å²) in [5, 5.41) is 2.07. The van der Waals surface area contributed by atoms with E-state index in [-0.39, 0.29) is 7.12 Å². The highest BCUT2D eigenvalue weighted by Gasteiger charge is 2.33. The minimum atomic E-state index is -1.57. The standard InChI is InChI=1S/C10H21BO2SSi2/c1-15(2,3)12-11(13-16(4,5)6)10-8-7-9-14-10/h7-9H,1-6H3. The van der Waals surface area contributed by atoms with E-state index in [2.05, 4.69) is 50.7 Å². The van der Waals surface area contributed by atoms with Gasteiger partial charge >= 0.3 is 7.12 Å². The van der Waals surface area contributed by atoms with Gasteiger partial charge in [0.2, 0.25) is 0 Å². The largest absolute Gasteiger partial charge is 0.483 e. The SMILES string of the molecule is C[Si](C)(C)OB(O[Si](C)(C)C)c1cccs1. The molecule has 16 heavy (non-hydrogen) atoms. The van der Waals surface area contributed by atoms with Gasteiger partial charge in [0.15, 0.2) is 16.6 Å². The van der Waals surface area contributed by atoms with Crippen LogP contribution in [0.25, 0.3) is 0 Å². The van der Waals surface area contributed by atoms with Crippen molar-refractivity contribution in [2.75, 3.05) is 0 Å². The van der Waals surface area contributed by atoms with E-state index >= 15 is 0 Å². The summed E-state index contributed by atoms with van der Waals surface area (Å²) in [4.78, 5) is 0. The molecule has 90 valence electrons. The molecule has 1 rings (SSSR count). The summed E-state index contributed by atoms with van der Waals surface area (Å²) in [5.74, 6) is 0. The van der Waals surface area contributed by atoms with Gasteiger partial charge in [0, 0.05) is 4.78 Å². The lowest BCUT2D eigenvalue weighted by atomic mass is 9.90. The molecule has 1 heterocycles. The first-order valence-corrected chi connectivity index (χ1v) is 13.3. The highest BCUT2D eigenvalue weighted by molar-refractivity contribution is 7.21. The van der Waals surface area contributed by atoms with Gasteiger partial charge in [0.1, 0.15) is 0 Å². The Morgan fingerprint density at radius 1 is 1.00 bits per heavy atom. The minimum absolute atomic E-state index is 0.154. The Kier molecular flexibility index (Phi) is 4.59. The summed E-state index contributed by atoms with van der Waals surface area (Å²) in [6, 6.07) is 4.14. The van der Waals surface area contributed by atoms with E-state index in [1.54, 1.807) is 11.3 Å². The van der Waals surface area contributed by atoms with Crippen molar-refractivity contribution in [1.29, 1.82) is 0 Å². The van der Waals surface area contributed by atoms with E-state index in [1.807, 2.05) is 6.07 Å². The average Bonchev–Trinajstić information content (AvgIpc) is 2.47. The van der Waals surface area contributed by atoms with Crippen LogP contribution in [0.3, 0.4) is 0 Å². The third-order valence-electron chi connectivity index (χ3n) is 1.70. The van der Waals surface area contributed by atoms with Crippen molar-refractivity contribution >= 4 is 39.9 Å². The molecule has 0 N–H and O–H groups in total. The van der Waals surface area contributed by atoms with Crippen LogP contribution in [-0.4, -0.2) is 23.8 Å². The van der Waals surface area contributed by atoms with Crippen LogP contribution in [0.1, 0.15) is 0 Å². The molecule has 0 saturated heterocycles. The Hall–Kier alpha value is 0.119. The Morgan fingerprint density at radius 3 is 1.81 bits per heavy atom. The zero-order chi connectivity index (χ0) is 12.4. The average molecular weight is 272 g/mol. The first-order chi connectivity index (χ1) is 7.17. The molecule has 6 heteroatoms. The van der Waals surface area contributed by atoms with Gasteiger partial charge in [0.25, 0.3) is 0 Å². The van der Waals surface area contributed by atoms with Gasteiger partial charge in [-0.3, -0.25) is 0 Å². The van der Waals surface area contributed by atoms with Crippen molar-refractivity contribution in [3.8, 4) is 0 Å². The molecule has 0 fully saturated rings. The zero-order valence-corrected chi connectivity index (χ0v) is 13.9. The molecule has 1 aromatic rings. The molecule has 0 unspecified atom stereocenters. The maximum absolute atomic E-state index is 6.12. The van der Waals surface area contributed by atoms with Crippen molar-refractivity contribution in [1.82, 2.24) is 0 Å². The maximum Gasteiger partial charge on any atom is 0.483 e. The Morgan fingerprint density at radius 2 is 1.50 bits per heavy atom. The summed E-state index contributed by atoms with van der Waals surface area (Å²) in [6.07, 6.45) is 0. The molecule has 0 aliphatic heterocycles. The fourth-order valence-electron chi connectivity index (χ4n) is 1.21. The molecule has 0 bridgehead atoms. The lowest BCUT2D eigenvalue weighted by molar-refractivity contribution is 0.437. The highest BCUT2D eigenvalue weighted by atomic mass is 32.1. The van der Waals surface area contributed by atoms with Crippen LogP contribution in [-0.2, 0) is 8.69 Å². The summed E-state index contributed by atoms with van der Waals surface area (Å²) >= 11 is 1.71. The fourth-order valence-corrected chi connectivity index (χ4v) is 3.79. The predicted octanol–water partition coefficient (Wildman–Crippen LogP) is 3.15. The molecule has 0 aromatic carbocycles. The Balaban J connectivity index is 2.79. The molecule has 0 radical (unpaired) electrons. The van der Waals surface area contributed by atoms with E-state index in [1.165, 1.54) is 4.78 Å². The van der Waals surface area contributed by atoms with Crippen LogP contribution in [0.4, 0.5) is 0 Å². The quantitative estimate of drug-likeness (QED) is 0.767. The third-order valence-corrected chi connectivity index (χ3v) is 4.43. The van der Waals surface area contributed by atoms with Crippen molar-refractivity contribution in [2.24, 2.45) is 0 Å². The Labute approximate surface area is 105 Å². The van der Waals surface area contributed by atoms with Crippen molar-refractivity contribution < 1.29 is 8.69 Å². The van der Waals surface area contributed by atoms with Crippen LogP contribution in [0.15, 0.2) is 17.5 Å². The predicted molar refractivity (Wildman–Crippen MR) is 78.6 cm³/mol.